The van der Waals surface area contributed by atoms with Crippen LogP contribution in [-0.2, 0) is 6.54 Å². The number of benzene rings is 3. The summed E-state index contributed by atoms with van der Waals surface area (Å²) >= 11 is 0. The van der Waals surface area contributed by atoms with E-state index in [1.54, 1.807) is 28.8 Å². The van der Waals surface area contributed by atoms with Crippen LogP contribution in [0, 0.1) is 10.1 Å². The summed E-state index contributed by atoms with van der Waals surface area (Å²) in [5.74, 6) is 0. The molecule has 0 saturated carbocycles. The van der Waals surface area contributed by atoms with E-state index in [0.717, 1.165) is 16.5 Å². The van der Waals surface area contributed by atoms with Crippen LogP contribution >= 0.6 is 0 Å². The number of non-ortho nitro benzene ring substituents is 1. The molecule has 0 atom stereocenters. The summed E-state index contributed by atoms with van der Waals surface area (Å²) in [6.07, 6.45) is 0. The van der Waals surface area contributed by atoms with Gasteiger partial charge in [0, 0.05) is 23.2 Å². The third-order valence-electron chi connectivity index (χ3n) is 5.23. The van der Waals surface area contributed by atoms with Crippen molar-refractivity contribution in [2.45, 2.75) is 6.54 Å². The van der Waals surface area contributed by atoms with Gasteiger partial charge in [-0.25, -0.2) is 14.3 Å². The molecule has 2 heterocycles. The minimum Gasteiger partial charge on any atom is -0.399 e. The summed E-state index contributed by atoms with van der Waals surface area (Å²) < 4.78 is 3.05. The lowest BCUT2D eigenvalue weighted by Gasteiger charge is -2.05. The van der Waals surface area contributed by atoms with Crippen LogP contribution in [-0.4, -0.2) is 19.0 Å². The number of rotatable bonds is 4. The van der Waals surface area contributed by atoms with Crippen molar-refractivity contribution in [1.29, 1.82) is 0 Å². The van der Waals surface area contributed by atoms with Crippen LogP contribution in [0.15, 0.2) is 83.7 Å². The Bertz CT molecular complexity index is 1520. The fourth-order valence-electron chi connectivity index (χ4n) is 3.71. The summed E-state index contributed by atoms with van der Waals surface area (Å²) in [6.45, 7) is 0.317. The number of nitrogens with two attached hydrogens (primary N) is 1. The molecule has 0 aliphatic heterocycles. The van der Waals surface area contributed by atoms with Crippen LogP contribution in [0.1, 0.15) is 5.56 Å². The molecule has 0 unspecified atom stereocenters. The highest BCUT2D eigenvalue weighted by molar-refractivity contribution is 5.90. The SMILES string of the molecule is Nc1ccc(Cn2c(=O)n(-c3cccc([N+](=O)[O-])c3)c3nc4ccccc4cc32)cc1. The number of para-hydroxylation sites is 1. The number of hydrogen-bond donors (Lipinski definition) is 1. The van der Waals surface area contributed by atoms with Gasteiger partial charge in [0.25, 0.3) is 5.69 Å². The maximum Gasteiger partial charge on any atom is 0.335 e. The predicted octanol–water partition coefficient (Wildman–Crippen LogP) is 3.88. The molecule has 0 radical (unpaired) electrons. The minimum atomic E-state index is -0.481. The highest BCUT2D eigenvalue weighted by Gasteiger charge is 2.19. The highest BCUT2D eigenvalue weighted by atomic mass is 16.6. The van der Waals surface area contributed by atoms with E-state index in [9.17, 15) is 14.9 Å². The second kappa shape index (κ2) is 7.10. The molecule has 31 heavy (non-hydrogen) atoms. The standard InChI is InChI=1S/C23H17N5O3/c24-17-10-8-15(9-11-17)14-26-21-12-16-4-1-2-7-20(16)25-22(21)27(23(26)29)18-5-3-6-19(13-18)28(30)31/h1-13H,14,24H2. The van der Waals surface area contributed by atoms with Crippen LogP contribution < -0.4 is 11.4 Å². The minimum absolute atomic E-state index is 0.0929. The molecule has 2 N–H and O–H groups in total. The van der Waals surface area contributed by atoms with Crippen molar-refractivity contribution in [3.8, 4) is 5.69 Å². The molecule has 0 aliphatic carbocycles. The van der Waals surface area contributed by atoms with Gasteiger partial charge in [0.2, 0.25) is 0 Å². The number of nitro benzene ring substituents is 1. The molecular weight excluding hydrogens is 394 g/mol. The van der Waals surface area contributed by atoms with E-state index >= 15 is 0 Å². The summed E-state index contributed by atoms with van der Waals surface area (Å²) in [7, 11) is 0. The van der Waals surface area contributed by atoms with E-state index in [4.69, 9.17) is 10.7 Å². The number of nitrogens with zero attached hydrogens (tertiary/aromatic N) is 4. The molecule has 0 aliphatic rings. The fraction of sp³-hybridized carbons (Fsp3) is 0.0435. The Kier molecular flexibility index (Phi) is 4.25. The molecule has 2 aromatic heterocycles. The molecule has 3 aromatic carbocycles. The topological polar surface area (TPSA) is 109 Å². The largest absolute Gasteiger partial charge is 0.399 e. The molecule has 0 spiro atoms. The first kappa shape index (κ1) is 18.6. The van der Waals surface area contributed by atoms with Crippen molar-refractivity contribution in [2.75, 3.05) is 5.73 Å². The Labute approximate surface area is 175 Å². The number of imidazole rings is 1. The van der Waals surface area contributed by atoms with Crippen LogP contribution in [0.2, 0.25) is 0 Å². The Balaban J connectivity index is 1.80. The molecule has 0 saturated heterocycles. The van der Waals surface area contributed by atoms with Gasteiger partial charge in [0.15, 0.2) is 5.65 Å². The maximum atomic E-state index is 13.5. The molecule has 5 rings (SSSR count). The smallest absolute Gasteiger partial charge is 0.335 e. The average Bonchev–Trinajstić information content (AvgIpc) is 3.04. The number of aromatic nitrogens is 3. The quantitative estimate of drug-likeness (QED) is 0.274. The van der Waals surface area contributed by atoms with Gasteiger partial charge in [0.1, 0.15) is 0 Å². The zero-order chi connectivity index (χ0) is 21.5. The zero-order valence-electron chi connectivity index (χ0n) is 16.3. The first-order chi connectivity index (χ1) is 15.0. The monoisotopic (exact) mass is 411 g/mol. The van der Waals surface area contributed by atoms with E-state index in [1.165, 1.54) is 16.7 Å². The second-order valence-corrected chi connectivity index (χ2v) is 7.25. The first-order valence-corrected chi connectivity index (χ1v) is 9.61. The van der Waals surface area contributed by atoms with Gasteiger partial charge < -0.3 is 5.73 Å². The molecule has 8 heteroatoms. The molecule has 0 amide bonds. The van der Waals surface area contributed by atoms with Crippen molar-refractivity contribution in [3.63, 3.8) is 0 Å². The van der Waals surface area contributed by atoms with E-state index in [2.05, 4.69) is 0 Å². The van der Waals surface area contributed by atoms with Gasteiger partial charge in [-0.2, -0.15) is 0 Å². The van der Waals surface area contributed by atoms with Crippen molar-refractivity contribution >= 4 is 33.4 Å². The van der Waals surface area contributed by atoms with Gasteiger partial charge in [0.05, 0.1) is 28.2 Å². The van der Waals surface area contributed by atoms with E-state index in [1.807, 2.05) is 42.5 Å². The molecule has 152 valence electrons. The lowest BCUT2D eigenvalue weighted by atomic mass is 10.2. The summed E-state index contributed by atoms with van der Waals surface area (Å²) in [4.78, 5) is 29.0. The Hall–Kier alpha value is -4.46. The number of pyridine rings is 1. The molecule has 0 fully saturated rings. The Morgan fingerprint density at radius 2 is 1.74 bits per heavy atom. The van der Waals surface area contributed by atoms with Gasteiger partial charge in [-0.1, -0.05) is 36.4 Å². The fourth-order valence-corrected chi connectivity index (χ4v) is 3.71. The maximum absolute atomic E-state index is 13.5. The number of anilines is 1. The highest BCUT2D eigenvalue weighted by Crippen LogP contribution is 2.24. The van der Waals surface area contributed by atoms with Crippen molar-refractivity contribution < 1.29 is 4.92 Å². The van der Waals surface area contributed by atoms with E-state index in [-0.39, 0.29) is 11.4 Å². The van der Waals surface area contributed by atoms with Gasteiger partial charge in [-0.15, -0.1) is 0 Å². The van der Waals surface area contributed by atoms with Gasteiger partial charge >= 0.3 is 5.69 Å². The zero-order valence-corrected chi connectivity index (χ0v) is 16.3. The Morgan fingerprint density at radius 3 is 2.52 bits per heavy atom. The Morgan fingerprint density at radius 1 is 0.968 bits per heavy atom. The van der Waals surface area contributed by atoms with Crippen LogP contribution in [0.3, 0.4) is 0 Å². The molecule has 0 bridgehead atoms. The molecular formula is C23H17N5O3. The lowest BCUT2D eigenvalue weighted by Crippen LogP contribution is -2.23. The van der Waals surface area contributed by atoms with Crippen molar-refractivity contribution in [3.05, 3.63) is 105 Å². The van der Waals surface area contributed by atoms with Crippen LogP contribution in [0.4, 0.5) is 11.4 Å². The van der Waals surface area contributed by atoms with Crippen molar-refractivity contribution in [1.82, 2.24) is 14.1 Å². The van der Waals surface area contributed by atoms with Gasteiger partial charge in [-0.3, -0.25) is 14.7 Å². The van der Waals surface area contributed by atoms with Crippen molar-refractivity contribution in [2.24, 2.45) is 0 Å². The predicted molar refractivity (Wildman–Crippen MR) is 119 cm³/mol. The number of hydrogen-bond acceptors (Lipinski definition) is 5. The van der Waals surface area contributed by atoms with Crippen LogP contribution in [0.5, 0.6) is 0 Å². The van der Waals surface area contributed by atoms with Crippen LogP contribution in [0.25, 0.3) is 27.8 Å². The van der Waals surface area contributed by atoms with E-state index in [0.29, 0.717) is 29.1 Å². The average molecular weight is 411 g/mol. The summed E-state index contributed by atoms with van der Waals surface area (Å²) in [5, 5.41) is 12.2. The first-order valence-electron chi connectivity index (χ1n) is 9.61. The van der Waals surface area contributed by atoms with Gasteiger partial charge in [-0.05, 0) is 35.9 Å². The summed E-state index contributed by atoms with van der Waals surface area (Å²) in [6, 6.07) is 22.8. The summed E-state index contributed by atoms with van der Waals surface area (Å²) in [5.41, 5.74) is 9.13. The third-order valence-corrected chi connectivity index (χ3v) is 5.23. The normalized spacial score (nSPS) is 11.2. The number of fused-ring (bicyclic) bond motifs is 2. The van der Waals surface area contributed by atoms with E-state index < -0.39 is 4.92 Å². The second-order valence-electron chi connectivity index (χ2n) is 7.25. The number of nitrogen functional groups attached to an aromatic ring is 1. The molecule has 5 aromatic rings. The third kappa shape index (κ3) is 3.20. The lowest BCUT2D eigenvalue weighted by molar-refractivity contribution is -0.384. The number of nitro groups is 1. The molecule has 8 nitrogen and oxygen atoms in total.